The molecule has 2 saturated heterocycles. The van der Waals surface area contributed by atoms with E-state index in [-0.39, 0.29) is 36.2 Å². The van der Waals surface area contributed by atoms with Crippen LogP contribution in [0.25, 0.3) is 0 Å². The number of hydrogen-bond donors (Lipinski definition) is 1. The largest absolute Gasteiger partial charge is 0.375 e. The van der Waals surface area contributed by atoms with Crippen LogP contribution in [0.2, 0.25) is 0 Å². The number of morpholine rings is 1. The Morgan fingerprint density at radius 1 is 1.12 bits per heavy atom. The van der Waals surface area contributed by atoms with Gasteiger partial charge in [0.05, 0.1) is 12.7 Å². The van der Waals surface area contributed by atoms with Gasteiger partial charge in [-0.05, 0) is 52.2 Å². The van der Waals surface area contributed by atoms with Gasteiger partial charge in [-0.25, -0.2) is 0 Å². The SMILES string of the molecule is CCNC(=NCCCCN(CC)CC)N1CCOC(C2CCCO2)C1.I. The predicted molar refractivity (Wildman–Crippen MR) is 119 cm³/mol. The van der Waals surface area contributed by atoms with Gasteiger partial charge in [0.1, 0.15) is 6.10 Å². The summed E-state index contributed by atoms with van der Waals surface area (Å²) in [4.78, 5) is 9.69. The van der Waals surface area contributed by atoms with Crippen molar-refractivity contribution in [3.05, 3.63) is 0 Å². The van der Waals surface area contributed by atoms with Crippen LogP contribution in [-0.4, -0.2) is 87.0 Å². The number of guanidine groups is 1. The number of ether oxygens (including phenoxy) is 2. The van der Waals surface area contributed by atoms with Gasteiger partial charge < -0.3 is 24.6 Å². The van der Waals surface area contributed by atoms with Crippen LogP contribution >= 0.6 is 24.0 Å². The highest BCUT2D eigenvalue weighted by atomic mass is 127. The molecule has 0 saturated carbocycles. The summed E-state index contributed by atoms with van der Waals surface area (Å²) in [6.45, 7) is 15.3. The number of nitrogens with one attached hydrogen (secondary N) is 1. The van der Waals surface area contributed by atoms with Gasteiger partial charge in [-0.3, -0.25) is 4.99 Å². The molecule has 2 fully saturated rings. The Bertz CT molecular complexity index is 388. The fourth-order valence-electron chi connectivity index (χ4n) is 3.59. The zero-order chi connectivity index (χ0) is 17.9. The molecule has 7 heteroatoms. The van der Waals surface area contributed by atoms with Crippen molar-refractivity contribution in [3.63, 3.8) is 0 Å². The molecule has 0 aromatic rings. The second kappa shape index (κ2) is 14.0. The van der Waals surface area contributed by atoms with Crippen molar-refractivity contribution in [1.29, 1.82) is 0 Å². The molecule has 0 aromatic carbocycles. The topological polar surface area (TPSA) is 49.3 Å². The summed E-state index contributed by atoms with van der Waals surface area (Å²) < 4.78 is 11.8. The molecule has 2 aliphatic rings. The van der Waals surface area contributed by atoms with E-state index in [1.54, 1.807) is 0 Å². The van der Waals surface area contributed by atoms with Crippen LogP contribution in [0.4, 0.5) is 0 Å². The second-order valence-corrected chi connectivity index (χ2v) is 6.88. The van der Waals surface area contributed by atoms with Crippen LogP contribution in [0, 0.1) is 0 Å². The molecule has 0 aliphatic carbocycles. The Hall–Kier alpha value is -0.120. The Morgan fingerprint density at radius 3 is 2.54 bits per heavy atom. The minimum Gasteiger partial charge on any atom is -0.375 e. The molecule has 2 aliphatic heterocycles. The lowest BCUT2D eigenvalue weighted by Crippen LogP contribution is -2.53. The molecule has 0 spiro atoms. The van der Waals surface area contributed by atoms with Gasteiger partial charge in [-0.15, -0.1) is 24.0 Å². The number of hydrogen-bond acceptors (Lipinski definition) is 4. The average Bonchev–Trinajstić information content (AvgIpc) is 3.19. The molecule has 154 valence electrons. The maximum absolute atomic E-state index is 5.96. The van der Waals surface area contributed by atoms with Crippen LogP contribution in [0.15, 0.2) is 4.99 Å². The van der Waals surface area contributed by atoms with Crippen molar-refractivity contribution in [2.75, 3.05) is 59.0 Å². The van der Waals surface area contributed by atoms with Crippen LogP contribution in [-0.2, 0) is 9.47 Å². The molecule has 6 nitrogen and oxygen atoms in total. The van der Waals surface area contributed by atoms with Gasteiger partial charge in [-0.1, -0.05) is 13.8 Å². The number of rotatable bonds is 9. The molecular weight excluding hydrogens is 443 g/mol. The maximum Gasteiger partial charge on any atom is 0.194 e. The lowest BCUT2D eigenvalue weighted by molar-refractivity contribution is -0.0817. The van der Waals surface area contributed by atoms with E-state index in [1.807, 2.05) is 0 Å². The van der Waals surface area contributed by atoms with Crippen LogP contribution in [0.1, 0.15) is 46.5 Å². The first-order valence-electron chi connectivity index (χ1n) is 10.3. The highest BCUT2D eigenvalue weighted by molar-refractivity contribution is 14.0. The van der Waals surface area contributed by atoms with E-state index in [0.717, 1.165) is 77.7 Å². The molecule has 2 atom stereocenters. The fraction of sp³-hybridized carbons (Fsp3) is 0.947. The predicted octanol–water partition coefficient (Wildman–Crippen LogP) is 2.57. The molecule has 1 N–H and O–H groups in total. The van der Waals surface area contributed by atoms with Crippen LogP contribution in [0.5, 0.6) is 0 Å². The van der Waals surface area contributed by atoms with E-state index < -0.39 is 0 Å². The molecule has 0 amide bonds. The van der Waals surface area contributed by atoms with Crippen molar-refractivity contribution in [1.82, 2.24) is 15.1 Å². The summed E-state index contributed by atoms with van der Waals surface area (Å²) in [5.74, 6) is 1.04. The first-order chi connectivity index (χ1) is 12.3. The Kier molecular flexibility index (Phi) is 12.8. The van der Waals surface area contributed by atoms with Gasteiger partial charge in [0.15, 0.2) is 5.96 Å². The summed E-state index contributed by atoms with van der Waals surface area (Å²) in [7, 11) is 0. The highest BCUT2D eigenvalue weighted by Crippen LogP contribution is 2.21. The fourth-order valence-corrected chi connectivity index (χ4v) is 3.59. The molecule has 2 rings (SSSR count). The van der Waals surface area contributed by atoms with Crippen LogP contribution in [0.3, 0.4) is 0 Å². The molecule has 0 radical (unpaired) electrons. The summed E-state index contributed by atoms with van der Waals surface area (Å²) in [5, 5.41) is 3.45. The van der Waals surface area contributed by atoms with Gasteiger partial charge in [-0.2, -0.15) is 0 Å². The average molecular weight is 482 g/mol. The second-order valence-electron chi connectivity index (χ2n) is 6.88. The molecule has 26 heavy (non-hydrogen) atoms. The number of halogens is 1. The van der Waals surface area contributed by atoms with E-state index in [0.29, 0.717) is 0 Å². The summed E-state index contributed by atoms with van der Waals surface area (Å²) in [5.41, 5.74) is 0. The molecule has 0 aromatic heterocycles. The molecular formula is C19H39IN4O2. The van der Waals surface area contributed by atoms with E-state index >= 15 is 0 Å². The zero-order valence-electron chi connectivity index (χ0n) is 16.9. The third kappa shape index (κ3) is 7.86. The summed E-state index contributed by atoms with van der Waals surface area (Å²) in [6, 6.07) is 0. The highest BCUT2D eigenvalue weighted by Gasteiger charge is 2.32. The quantitative estimate of drug-likeness (QED) is 0.237. The Balaban J connectivity index is 0.00000338. The van der Waals surface area contributed by atoms with E-state index in [1.165, 1.54) is 13.0 Å². The van der Waals surface area contributed by atoms with Crippen molar-refractivity contribution < 1.29 is 9.47 Å². The van der Waals surface area contributed by atoms with Gasteiger partial charge in [0.25, 0.3) is 0 Å². The minimum atomic E-state index is 0. The molecule has 2 heterocycles. The normalized spacial score (nSPS) is 24.0. The minimum absolute atomic E-state index is 0. The zero-order valence-corrected chi connectivity index (χ0v) is 19.2. The molecule has 2 unspecified atom stereocenters. The summed E-state index contributed by atoms with van der Waals surface area (Å²) in [6.07, 6.45) is 5.09. The van der Waals surface area contributed by atoms with Gasteiger partial charge in [0, 0.05) is 32.8 Å². The van der Waals surface area contributed by atoms with Crippen molar-refractivity contribution >= 4 is 29.9 Å². The van der Waals surface area contributed by atoms with E-state index in [4.69, 9.17) is 14.5 Å². The first-order valence-corrected chi connectivity index (χ1v) is 10.3. The van der Waals surface area contributed by atoms with Gasteiger partial charge >= 0.3 is 0 Å². The number of unbranched alkanes of at least 4 members (excludes halogenated alkanes) is 1. The maximum atomic E-state index is 5.96. The monoisotopic (exact) mass is 482 g/mol. The lowest BCUT2D eigenvalue weighted by atomic mass is 10.1. The Labute approximate surface area is 177 Å². The van der Waals surface area contributed by atoms with Crippen molar-refractivity contribution in [2.45, 2.75) is 58.7 Å². The lowest BCUT2D eigenvalue weighted by Gasteiger charge is -2.37. The van der Waals surface area contributed by atoms with E-state index in [2.05, 4.69) is 35.9 Å². The van der Waals surface area contributed by atoms with Crippen molar-refractivity contribution in [3.8, 4) is 0 Å². The third-order valence-corrected chi connectivity index (χ3v) is 5.15. The smallest absolute Gasteiger partial charge is 0.194 e. The standard InChI is InChI=1S/C19H38N4O2.HI/c1-4-20-19(21-11-7-8-12-22(5-2)6-3)23-13-15-25-18(16-23)17-10-9-14-24-17;/h17-18H,4-16H2,1-3H3,(H,20,21);1H. The summed E-state index contributed by atoms with van der Waals surface area (Å²) >= 11 is 0. The van der Waals surface area contributed by atoms with Crippen LogP contribution < -0.4 is 5.32 Å². The Morgan fingerprint density at radius 2 is 1.88 bits per heavy atom. The van der Waals surface area contributed by atoms with Gasteiger partial charge in [0.2, 0.25) is 0 Å². The number of aliphatic imine (C=N–C) groups is 1. The number of nitrogens with zero attached hydrogens (tertiary/aromatic N) is 3. The first kappa shape index (κ1) is 23.9. The van der Waals surface area contributed by atoms with E-state index in [9.17, 15) is 0 Å². The molecule has 0 bridgehead atoms. The van der Waals surface area contributed by atoms with Crippen molar-refractivity contribution in [2.24, 2.45) is 4.99 Å². The third-order valence-electron chi connectivity index (χ3n) is 5.15.